The van der Waals surface area contributed by atoms with Gasteiger partial charge in [0, 0.05) is 47.2 Å². The summed E-state index contributed by atoms with van der Waals surface area (Å²) >= 11 is 0. The second-order valence-corrected chi connectivity index (χ2v) is 10.5. The minimum absolute atomic E-state index is 0.0403. The number of aromatic amines is 1. The molecule has 1 saturated carbocycles. The Kier molecular flexibility index (Phi) is 6.13. The normalized spacial score (nSPS) is 21.4. The summed E-state index contributed by atoms with van der Waals surface area (Å²) in [6, 6.07) is 9.79. The van der Waals surface area contributed by atoms with E-state index >= 15 is 0 Å². The summed E-state index contributed by atoms with van der Waals surface area (Å²) in [7, 11) is 0. The molecule has 0 bridgehead atoms. The molecule has 2 aromatic heterocycles. The van der Waals surface area contributed by atoms with Gasteiger partial charge in [-0.05, 0) is 92.8 Å². The van der Waals surface area contributed by atoms with Crippen molar-refractivity contribution in [2.45, 2.75) is 57.3 Å². The number of hydrogen-bond donors (Lipinski definition) is 2. The topological polar surface area (TPSA) is 80.1 Å². The number of aliphatic hydroxyl groups is 1. The number of aryl methyl sites for hydroxylation is 1. The predicted octanol–water partition coefficient (Wildman–Crippen LogP) is 5.68. The van der Waals surface area contributed by atoms with E-state index in [1.807, 2.05) is 25.3 Å². The first-order valence-corrected chi connectivity index (χ1v) is 13.0. The maximum Gasteiger partial charge on any atom is 0.161 e. The lowest BCUT2D eigenvalue weighted by molar-refractivity contribution is -0.126. The van der Waals surface area contributed by atoms with Crippen LogP contribution in [-0.2, 0) is 9.53 Å². The Bertz CT molecular complexity index is 1420. The van der Waals surface area contributed by atoms with Gasteiger partial charge in [0.05, 0.1) is 17.2 Å². The molecular weight excluding hydrogens is 457 g/mol. The maximum atomic E-state index is 14.3. The Morgan fingerprint density at radius 1 is 1.11 bits per heavy atom. The van der Waals surface area contributed by atoms with Crippen molar-refractivity contribution in [3.63, 3.8) is 0 Å². The molecule has 6 rings (SSSR count). The molecule has 2 N–H and O–H groups in total. The van der Waals surface area contributed by atoms with Gasteiger partial charge in [-0.3, -0.25) is 9.89 Å². The Morgan fingerprint density at radius 2 is 1.89 bits per heavy atom. The highest BCUT2D eigenvalue weighted by Crippen LogP contribution is 2.47. The number of Topliss-reactive ketones (excluding diaryl/α,β-unsaturated/α-hetero) is 1. The molecule has 1 aliphatic heterocycles. The summed E-state index contributed by atoms with van der Waals surface area (Å²) in [5.41, 5.74) is 6.36. The second-order valence-electron chi connectivity index (χ2n) is 10.5. The lowest BCUT2D eigenvalue weighted by atomic mass is 9.75. The summed E-state index contributed by atoms with van der Waals surface area (Å²) < 4.78 is 22.4. The van der Waals surface area contributed by atoms with Crippen LogP contribution in [0.25, 0.3) is 27.5 Å². The first-order valence-electron chi connectivity index (χ1n) is 13.0. The molecule has 0 spiro atoms. The molecule has 6 nitrogen and oxygen atoms in total. The average molecular weight is 490 g/mol. The van der Waals surface area contributed by atoms with Gasteiger partial charge in [-0.2, -0.15) is 5.10 Å². The molecule has 0 unspecified atom stereocenters. The quantitative estimate of drug-likeness (QED) is 0.378. The molecule has 1 saturated heterocycles. The Balaban J connectivity index is 1.58. The van der Waals surface area contributed by atoms with Gasteiger partial charge >= 0.3 is 0 Å². The van der Waals surface area contributed by atoms with Crippen molar-refractivity contribution in [1.29, 1.82) is 0 Å². The largest absolute Gasteiger partial charge is 0.389 e. The Hall–Kier alpha value is -3.03. The molecule has 3 heterocycles. The van der Waals surface area contributed by atoms with Crippen LogP contribution < -0.4 is 0 Å². The fraction of sp³-hybridized carbons (Fsp3) is 0.448. The van der Waals surface area contributed by atoms with Crippen LogP contribution in [0.2, 0.25) is 0 Å². The number of carbonyl (C=O) groups is 1. The highest BCUT2D eigenvalue weighted by atomic mass is 19.1. The summed E-state index contributed by atoms with van der Waals surface area (Å²) in [6.07, 6.45) is 7.16. The number of aliphatic hydroxyl groups excluding tert-OH is 1. The summed E-state index contributed by atoms with van der Waals surface area (Å²) in [6.45, 7) is 2.91. The molecule has 2 aliphatic rings. The number of carbonyl (C=O) groups excluding carboxylic acids is 1. The van der Waals surface area contributed by atoms with E-state index in [1.165, 1.54) is 16.6 Å². The van der Waals surface area contributed by atoms with Crippen molar-refractivity contribution < 1.29 is 19.0 Å². The summed E-state index contributed by atoms with van der Waals surface area (Å²) in [4.78, 5) is 12.2. The smallest absolute Gasteiger partial charge is 0.161 e. The molecule has 188 valence electrons. The van der Waals surface area contributed by atoms with Crippen LogP contribution in [0, 0.1) is 18.7 Å². The summed E-state index contributed by atoms with van der Waals surface area (Å²) in [5, 5.41) is 19.0. The van der Waals surface area contributed by atoms with E-state index in [1.54, 1.807) is 6.07 Å². The van der Waals surface area contributed by atoms with Crippen molar-refractivity contribution in [1.82, 2.24) is 14.8 Å². The predicted molar refractivity (Wildman–Crippen MR) is 137 cm³/mol. The third-order valence-corrected chi connectivity index (χ3v) is 8.36. The van der Waals surface area contributed by atoms with E-state index in [2.05, 4.69) is 26.9 Å². The fourth-order valence-corrected chi connectivity index (χ4v) is 6.45. The van der Waals surface area contributed by atoms with E-state index in [9.17, 15) is 14.3 Å². The van der Waals surface area contributed by atoms with Gasteiger partial charge in [-0.25, -0.2) is 4.39 Å². The fourth-order valence-electron chi connectivity index (χ4n) is 6.45. The zero-order valence-corrected chi connectivity index (χ0v) is 20.6. The van der Waals surface area contributed by atoms with E-state index < -0.39 is 0 Å². The Morgan fingerprint density at radius 3 is 2.61 bits per heavy atom. The highest BCUT2D eigenvalue weighted by Gasteiger charge is 2.34. The average Bonchev–Trinajstić information content (AvgIpc) is 3.51. The van der Waals surface area contributed by atoms with Gasteiger partial charge in [0.1, 0.15) is 12.4 Å². The minimum atomic E-state index is -0.371. The van der Waals surface area contributed by atoms with Crippen LogP contribution in [0.5, 0.6) is 0 Å². The van der Waals surface area contributed by atoms with Crippen LogP contribution in [0.3, 0.4) is 0 Å². The molecule has 2 fully saturated rings. The number of nitrogens with one attached hydrogen (secondary N) is 1. The number of benzene rings is 2. The lowest BCUT2D eigenvalue weighted by Gasteiger charge is -2.31. The number of ketones is 1. The first kappa shape index (κ1) is 23.4. The SMILES string of the molecule is Cc1cc(-n2c(C3CCOCC3)c(C3CCC(C(=O)CO)CC3)c3cc4[nH]ncc4cc32)ccc1F. The highest BCUT2D eigenvalue weighted by molar-refractivity contribution is 5.99. The molecule has 1 aliphatic carbocycles. The van der Waals surface area contributed by atoms with Crippen molar-refractivity contribution in [2.75, 3.05) is 19.8 Å². The molecular formula is C29H32FN3O3. The Labute approximate surface area is 209 Å². The molecule has 36 heavy (non-hydrogen) atoms. The zero-order valence-electron chi connectivity index (χ0n) is 20.6. The van der Waals surface area contributed by atoms with Crippen LogP contribution >= 0.6 is 0 Å². The third kappa shape index (κ3) is 3.95. The summed E-state index contributed by atoms with van der Waals surface area (Å²) in [5.74, 6) is 0.356. The van der Waals surface area contributed by atoms with Crippen LogP contribution in [0.4, 0.5) is 4.39 Å². The van der Waals surface area contributed by atoms with Gasteiger partial charge in [-0.1, -0.05) is 0 Å². The molecule has 7 heteroatoms. The number of H-pyrrole nitrogens is 1. The number of halogens is 1. The molecule has 2 aromatic carbocycles. The molecule has 0 amide bonds. The lowest BCUT2D eigenvalue weighted by Crippen LogP contribution is -2.24. The van der Waals surface area contributed by atoms with Gasteiger partial charge in [0.2, 0.25) is 0 Å². The van der Waals surface area contributed by atoms with Gasteiger partial charge < -0.3 is 14.4 Å². The van der Waals surface area contributed by atoms with E-state index in [-0.39, 0.29) is 24.1 Å². The van der Waals surface area contributed by atoms with Crippen LogP contribution in [0.1, 0.15) is 67.2 Å². The third-order valence-electron chi connectivity index (χ3n) is 8.36. The minimum Gasteiger partial charge on any atom is -0.389 e. The van der Waals surface area contributed by atoms with Gasteiger partial charge in [0.15, 0.2) is 5.78 Å². The number of nitrogens with zero attached hydrogens (tertiary/aromatic N) is 2. The monoisotopic (exact) mass is 489 g/mol. The van der Waals surface area contributed by atoms with Gasteiger partial charge in [0.25, 0.3) is 0 Å². The van der Waals surface area contributed by atoms with Gasteiger partial charge in [-0.15, -0.1) is 0 Å². The standard InChI is InChI=1S/C29H32FN3O3/c1-17-12-22(6-7-24(17)30)33-26-13-21-15-31-32-25(21)14-23(26)28(29(33)20-8-10-36-11-9-20)19-4-2-18(3-5-19)27(35)16-34/h6-7,12-15,18-20,34H,2-5,8-11,16H2,1H3,(H,31,32). The van der Waals surface area contributed by atoms with Crippen LogP contribution in [-0.4, -0.2) is 45.5 Å². The van der Waals surface area contributed by atoms with Crippen molar-refractivity contribution in [3.05, 3.63) is 59.2 Å². The number of fused-ring (bicyclic) bond motifs is 2. The van der Waals surface area contributed by atoms with Crippen molar-refractivity contribution in [3.8, 4) is 5.69 Å². The first-order chi connectivity index (χ1) is 17.5. The van der Waals surface area contributed by atoms with E-state index in [4.69, 9.17) is 4.74 Å². The number of rotatable bonds is 5. The second kappa shape index (κ2) is 9.45. The molecule has 4 aromatic rings. The number of ether oxygens (including phenoxy) is 1. The number of hydrogen-bond acceptors (Lipinski definition) is 4. The zero-order chi connectivity index (χ0) is 24.8. The molecule has 0 radical (unpaired) electrons. The van der Waals surface area contributed by atoms with Crippen molar-refractivity contribution >= 4 is 27.6 Å². The molecule has 0 atom stereocenters. The van der Waals surface area contributed by atoms with E-state index in [0.29, 0.717) is 17.4 Å². The maximum absolute atomic E-state index is 14.3. The van der Waals surface area contributed by atoms with E-state index in [0.717, 1.165) is 73.8 Å². The van der Waals surface area contributed by atoms with Crippen molar-refractivity contribution in [2.24, 2.45) is 5.92 Å². The number of aromatic nitrogens is 3. The van der Waals surface area contributed by atoms with Crippen LogP contribution in [0.15, 0.2) is 36.5 Å².